The maximum absolute atomic E-state index is 10.00. The lowest BCUT2D eigenvalue weighted by atomic mass is 10.0. The summed E-state index contributed by atoms with van der Waals surface area (Å²) in [6.45, 7) is 2.77. The van der Waals surface area contributed by atoms with E-state index in [9.17, 15) is 4.79 Å². The first kappa shape index (κ1) is 8.43. The fourth-order valence-electron chi connectivity index (χ4n) is 0.527. The second kappa shape index (κ2) is 4.32. The molecule has 0 aliphatic carbocycles. The highest BCUT2D eigenvalue weighted by Crippen LogP contribution is 2.08. The molecule has 53 valence electrons. The molecule has 0 aromatic carbocycles. The van der Waals surface area contributed by atoms with E-state index in [1.54, 1.807) is 0 Å². The number of carbonyl (C=O) groups is 1. The Morgan fingerprint density at radius 3 is 2.44 bits per heavy atom. The molecule has 0 fully saturated rings. The molecule has 1 atom stereocenters. The van der Waals surface area contributed by atoms with Crippen molar-refractivity contribution in [1.82, 2.24) is 0 Å². The average molecular weight is 131 g/mol. The number of carboxylic acid groups (broad SMARTS) is 1. The van der Waals surface area contributed by atoms with Crippen molar-refractivity contribution < 1.29 is 15.0 Å². The van der Waals surface area contributed by atoms with E-state index >= 15 is 0 Å². The molecule has 0 aromatic heterocycles. The Labute approximate surface area is 54.3 Å². The fourth-order valence-corrected chi connectivity index (χ4v) is 0.527. The number of hydrogen-bond acceptors (Lipinski definition) is 2. The van der Waals surface area contributed by atoms with E-state index in [2.05, 4.69) is 0 Å². The Bertz CT molecular complexity index is 86.3. The van der Waals surface area contributed by atoms with Crippen LogP contribution in [-0.4, -0.2) is 16.2 Å². The van der Waals surface area contributed by atoms with Crippen LogP contribution in [0, 0.1) is 12.5 Å². The molecule has 0 spiro atoms. The number of carboxylic acids is 1. The molecule has 1 unspecified atom stereocenters. The van der Waals surface area contributed by atoms with Crippen molar-refractivity contribution in [3.05, 3.63) is 6.61 Å². The van der Waals surface area contributed by atoms with Crippen molar-refractivity contribution in [3.63, 3.8) is 0 Å². The van der Waals surface area contributed by atoms with Crippen molar-refractivity contribution >= 4 is 5.97 Å². The Morgan fingerprint density at radius 2 is 2.33 bits per heavy atom. The summed E-state index contributed by atoms with van der Waals surface area (Å²) in [4.78, 5) is 10.00. The third kappa shape index (κ3) is 3.97. The van der Waals surface area contributed by atoms with Crippen molar-refractivity contribution in [2.45, 2.75) is 19.8 Å². The number of rotatable bonds is 4. The molecular weight excluding hydrogens is 120 g/mol. The maximum Gasteiger partial charge on any atom is 0.303 e. The van der Waals surface area contributed by atoms with Gasteiger partial charge in [0.25, 0.3) is 0 Å². The van der Waals surface area contributed by atoms with Gasteiger partial charge in [0, 0.05) is 0 Å². The van der Waals surface area contributed by atoms with Crippen LogP contribution in [0.15, 0.2) is 0 Å². The minimum Gasteiger partial charge on any atom is -0.481 e. The average Bonchev–Trinajstić information content (AvgIpc) is 1.82. The first-order valence-electron chi connectivity index (χ1n) is 2.90. The van der Waals surface area contributed by atoms with Crippen LogP contribution in [-0.2, 0) is 4.79 Å². The van der Waals surface area contributed by atoms with Gasteiger partial charge >= 0.3 is 5.97 Å². The SMILES string of the molecule is CCC([CH]O)CC(=O)O. The van der Waals surface area contributed by atoms with Crippen LogP contribution in [0.5, 0.6) is 0 Å². The molecule has 0 saturated carbocycles. The van der Waals surface area contributed by atoms with Crippen LogP contribution < -0.4 is 0 Å². The standard InChI is InChI=1S/C6H11O3/c1-2-5(4-7)3-6(8)9/h4-5,7H,2-3H2,1H3,(H,8,9). The summed E-state index contributed by atoms with van der Waals surface area (Å²) in [5.41, 5.74) is 0. The highest BCUT2D eigenvalue weighted by atomic mass is 16.4. The van der Waals surface area contributed by atoms with Crippen LogP contribution in [0.25, 0.3) is 0 Å². The van der Waals surface area contributed by atoms with E-state index in [0.717, 1.165) is 6.61 Å². The predicted molar refractivity (Wildman–Crippen MR) is 32.3 cm³/mol. The van der Waals surface area contributed by atoms with E-state index in [1.165, 1.54) is 0 Å². The van der Waals surface area contributed by atoms with Crippen LogP contribution in [0.2, 0.25) is 0 Å². The lowest BCUT2D eigenvalue weighted by Crippen LogP contribution is -2.06. The molecule has 0 heterocycles. The highest BCUT2D eigenvalue weighted by molar-refractivity contribution is 5.67. The van der Waals surface area contributed by atoms with Gasteiger partial charge in [-0.3, -0.25) is 4.79 Å². The van der Waals surface area contributed by atoms with Crippen LogP contribution in [0.1, 0.15) is 19.8 Å². The van der Waals surface area contributed by atoms with Gasteiger partial charge in [-0.05, 0) is 5.92 Å². The topological polar surface area (TPSA) is 57.5 Å². The van der Waals surface area contributed by atoms with Gasteiger partial charge in [0.1, 0.15) is 0 Å². The van der Waals surface area contributed by atoms with Crippen LogP contribution >= 0.6 is 0 Å². The Hall–Kier alpha value is -0.570. The summed E-state index contributed by atoms with van der Waals surface area (Å²) in [6, 6.07) is 0. The quantitative estimate of drug-likeness (QED) is 0.598. The summed E-state index contributed by atoms with van der Waals surface area (Å²) >= 11 is 0. The number of aliphatic hydroxyl groups is 1. The minimum absolute atomic E-state index is 0.0208. The zero-order valence-electron chi connectivity index (χ0n) is 5.37. The van der Waals surface area contributed by atoms with Gasteiger partial charge in [0.15, 0.2) is 0 Å². The van der Waals surface area contributed by atoms with Gasteiger partial charge in [-0.25, -0.2) is 0 Å². The molecular formula is C6H11O3. The lowest BCUT2D eigenvalue weighted by molar-refractivity contribution is -0.138. The molecule has 0 aliphatic heterocycles. The first-order valence-corrected chi connectivity index (χ1v) is 2.90. The van der Waals surface area contributed by atoms with E-state index in [-0.39, 0.29) is 12.3 Å². The summed E-state index contributed by atoms with van der Waals surface area (Å²) in [5, 5.41) is 16.6. The number of aliphatic hydroxyl groups excluding tert-OH is 1. The minimum atomic E-state index is -0.868. The van der Waals surface area contributed by atoms with Crippen LogP contribution in [0.4, 0.5) is 0 Å². The van der Waals surface area contributed by atoms with Gasteiger partial charge in [-0.15, -0.1) is 0 Å². The Balaban J connectivity index is 3.43. The molecule has 0 rings (SSSR count). The molecule has 9 heavy (non-hydrogen) atoms. The van der Waals surface area contributed by atoms with Crippen LogP contribution in [0.3, 0.4) is 0 Å². The smallest absolute Gasteiger partial charge is 0.303 e. The first-order chi connectivity index (χ1) is 4.20. The summed E-state index contributed by atoms with van der Waals surface area (Å²) in [7, 11) is 0. The zero-order valence-corrected chi connectivity index (χ0v) is 5.37. The summed E-state index contributed by atoms with van der Waals surface area (Å²) in [5.74, 6) is -1.06. The van der Waals surface area contributed by atoms with Crippen molar-refractivity contribution in [2.24, 2.45) is 5.92 Å². The molecule has 0 saturated heterocycles. The third-order valence-corrected chi connectivity index (χ3v) is 1.17. The largest absolute Gasteiger partial charge is 0.481 e. The Kier molecular flexibility index (Phi) is 4.05. The predicted octanol–water partition coefficient (Wildman–Crippen LogP) is 1.02. The maximum atomic E-state index is 10.00. The molecule has 3 heteroatoms. The van der Waals surface area contributed by atoms with Crippen molar-refractivity contribution in [2.75, 3.05) is 0 Å². The monoisotopic (exact) mass is 131 g/mol. The van der Waals surface area contributed by atoms with Crippen molar-refractivity contribution in [1.29, 1.82) is 0 Å². The zero-order chi connectivity index (χ0) is 7.28. The Morgan fingerprint density at radius 1 is 1.78 bits per heavy atom. The molecule has 0 amide bonds. The highest BCUT2D eigenvalue weighted by Gasteiger charge is 2.08. The molecule has 0 bridgehead atoms. The van der Waals surface area contributed by atoms with Gasteiger partial charge in [-0.2, -0.15) is 0 Å². The number of hydrogen-bond donors (Lipinski definition) is 2. The van der Waals surface area contributed by atoms with Gasteiger partial charge in [0.2, 0.25) is 0 Å². The molecule has 0 aliphatic rings. The van der Waals surface area contributed by atoms with E-state index < -0.39 is 5.97 Å². The van der Waals surface area contributed by atoms with Gasteiger partial charge < -0.3 is 10.2 Å². The molecule has 3 nitrogen and oxygen atoms in total. The normalized spacial score (nSPS) is 13.1. The van der Waals surface area contributed by atoms with E-state index in [0.29, 0.717) is 6.42 Å². The van der Waals surface area contributed by atoms with E-state index in [4.69, 9.17) is 10.2 Å². The summed E-state index contributed by atoms with van der Waals surface area (Å²) < 4.78 is 0. The lowest BCUT2D eigenvalue weighted by Gasteiger charge is -2.04. The van der Waals surface area contributed by atoms with Crippen molar-refractivity contribution in [3.8, 4) is 0 Å². The summed E-state index contributed by atoms with van der Waals surface area (Å²) in [6.07, 6.45) is 0.690. The second-order valence-corrected chi connectivity index (χ2v) is 1.92. The molecule has 2 N–H and O–H groups in total. The second-order valence-electron chi connectivity index (χ2n) is 1.92. The molecule has 1 radical (unpaired) electrons. The number of aliphatic carboxylic acids is 1. The molecule has 0 aromatic rings. The fraction of sp³-hybridized carbons (Fsp3) is 0.667. The van der Waals surface area contributed by atoms with Gasteiger partial charge in [0.05, 0.1) is 13.0 Å². The van der Waals surface area contributed by atoms with Gasteiger partial charge in [-0.1, -0.05) is 13.3 Å². The third-order valence-electron chi connectivity index (χ3n) is 1.17. The van der Waals surface area contributed by atoms with E-state index in [1.807, 2.05) is 6.92 Å².